The zero-order valence-electron chi connectivity index (χ0n) is 12.7. The highest BCUT2D eigenvalue weighted by molar-refractivity contribution is 5.95. The molecule has 1 aromatic rings. The lowest BCUT2D eigenvalue weighted by Gasteiger charge is -2.09. The Kier molecular flexibility index (Phi) is 4.95. The SMILES string of the molecule is CC(C)C(=O)Nc1cc(C(=O)NC[C@H]2CCCO2)nn1C. The molecule has 116 valence electrons. The fourth-order valence-corrected chi connectivity index (χ4v) is 2.07. The summed E-state index contributed by atoms with van der Waals surface area (Å²) in [6.07, 6.45) is 2.10. The van der Waals surface area contributed by atoms with Gasteiger partial charge in [-0.15, -0.1) is 0 Å². The van der Waals surface area contributed by atoms with Crippen LogP contribution < -0.4 is 10.6 Å². The molecule has 7 heteroatoms. The highest BCUT2D eigenvalue weighted by Gasteiger charge is 2.19. The van der Waals surface area contributed by atoms with Crippen molar-refractivity contribution in [3.8, 4) is 0 Å². The molecule has 1 saturated heterocycles. The summed E-state index contributed by atoms with van der Waals surface area (Å²) >= 11 is 0. The van der Waals surface area contributed by atoms with E-state index < -0.39 is 0 Å². The molecule has 2 N–H and O–H groups in total. The normalized spacial score (nSPS) is 18.0. The zero-order valence-corrected chi connectivity index (χ0v) is 12.7. The summed E-state index contributed by atoms with van der Waals surface area (Å²) in [7, 11) is 1.69. The Morgan fingerprint density at radius 2 is 2.29 bits per heavy atom. The molecule has 2 rings (SSSR count). The molecule has 1 aromatic heterocycles. The van der Waals surface area contributed by atoms with Crippen LogP contribution in [0.25, 0.3) is 0 Å². The second-order valence-corrected chi connectivity index (χ2v) is 5.53. The van der Waals surface area contributed by atoms with Crippen molar-refractivity contribution in [1.82, 2.24) is 15.1 Å². The van der Waals surface area contributed by atoms with Crippen LogP contribution >= 0.6 is 0 Å². The average Bonchev–Trinajstić information content (AvgIpc) is 3.06. The van der Waals surface area contributed by atoms with Gasteiger partial charge in [0.05, 0.1) is 6.10 Å². The van der Waals surface area contributed by atoms with Gasteiger partial charge in [0.25, 0.3) is 5.91 Å². The molecule has 7 nitrogen and oxygen atoms in total. The quantitative estimate of drug-likeness (QED) is 0.845. The standard InChI is InChI=1S/C14H22N4O3/c1-9(2)13(19)16-12-7-11(17-18(12)3)14(20)15-8-10-5-4-6-21-10/h7,9-10H,4-6,8H2,1-3H3,(H,15,20)(H,16,19)/t10-/m1/s1. The van der Waals surface area contributed by atoms with E-state index in [1.807, 2.05) is 0 Å². The average molecular weight is 294 g/mol. The van der Waals surface area contributed by atoms with Crippen molar-refractivity contribution < 1.29 is 14.3 Å². The minimum atomic E-state index is -0.258. The van der Waals surface area contributed by atoms with E-state index in [9.17, 15) is 9.59 Å². The van der Waals surface area contributed by atoms with Crippen LogP contribution in [0.2, 0.25) is 0 Å². The largest absolute Gasteiger partial charge is 0.376 e. The molecule has 1 aliphatic heterocycles. The lowest BCUT2D eigenvalue weighted by molar-refractivity contribution is -0.118. The van der Waals surface area contributed by atoms with Gasteiger partial charge in [-0.25, -0.2) is 0 Å². The zero-order chi connectivity index (χ0) is 15.4. The van der Waals surface area contributed by atoms with E-state index in [-0.39, 0.29) is 29.5 Å². The Morgan fingerprint density at radius 3 is 2.90 bits per heavy atom. The number of carbonyl (C=O) groups excluding carboxylic acids is 2. The van der Waals surface area contributed by atoms with Crippen LogP contribution in [0, 0.1) is 5.92 Å². The summed E-state index contributed by atoms with van der Waals surface area (Å²) < 4.78 is 6.94. The number of nitrogens with zero attached hydrogens (tertiary/aromatic N) is 2. The molecule has 1 aliphatic rings. The number of nitrogens with one attached hydrogen (secondary N) is 2. The number of hydrogen-bond donors (Lipinski definition) is 2. The minimum Gasteiger partial charge on any atom is -0.376 e. The summed E-state index contributed by atoms with van der Waals surface area (Å²) in [5.74, 6) is 0.0168. The van der Waals surface area contributed by atoms with E-state index in [4.69, 9.17) is 4.74 Å². The first-order valence-corrected chi connectivity index (χ1v) is 7.22. The van der Waals surface area contributed by atoms with Gasteiger partial charge in [-0.05, 0) is 12.8 Å². The number of rotatable bonds is 5. The van der Waals surface area contributed by atoms with Crippen LogP contribution in [0.15, 0.2) is 6.07 Å². The second kappa shape index (κ2) is 6.71. The summed E-state index contributed by atoms with van der Waals surface area (Å²) in [6.45, 7) is 4.86. The van der Waals surface area contributed by atoms with Crippen molar-refractivity contribution in [3.05, 3.63) is 11.8 Å². The van der Waals surface area contributed by atoms with E-state index in [2.05, 4.69) is 15.7 Å². The van der Waals surface area contributed by atoms with Crippen molar-refractivity contribution in [1.29, 1.82) is 0 Å². The molecule has 0 radical (unpaired) electrons. The van der Waals surface area contributed by atoms with Crippen molar-refractivity contribution >= 4 is 17.6 Å². The van der Waals surface area contributed by atoms with Gasteiger partial charge in [0.2, 0.25) is 5.91 Å². The summed E-state index contributed by atoms with van der Waals surface area (Å²) in [6, 6.07) is 1.57. The van der Waals surface area contributed by atoms with Gasteiger partial charge in [-0.2, -0.15) is 5.10 Å². The van der Waals surface area contributed by atoms with Crippen LogP contribution in [0.4, 0.5) is 5.82 Å². The lowest BCUT2D eigenvalue weighted by atomic mass is 10.2. The van der Waals surface area contributed by atoms with Crippen LogP contribution in [-0.2, 0) is 16.6 Å². The molecule has 0 aliphatic carbocycles. The summed E-state index contributed by atoms with van der Waals surface area (Å²) in [5.41, 5.74) is 0.287. The number of hydrogen-bond acceptors (Lipinski definition) is 4. The molecule has 0 aromatic carbocycles. The van der Waals surface area contributed by atoms with Crippen molar-refractivity contribution in [3.63, 3.8) is 0 Å². The Labute approximate surface area is 124 Å². The first-order chi connectivity index (χ1) is 9.97. The van der Waals surface area contributed by atoms with Crippen LogP contribution in [-0.4, -0.2) is 40.9 Å². The number of aryl methyl sites for hydroxylation is 1. The monoisotopic (exact) mass is 294 g/mol. The van der Waals surface area contributed by atoms with Crippen molar-refractivity contribution in [2.24, 2.45) is 13.0 Å². The van der Waals surface area contributed by atoms with Crippen LogP contribution in [0.5, 0.6) is 0 Å². The van der Waals surface area contributed by atoms with Crippen molar-refractivity contribution in [2.45, 2.75) is 32.8 Å². The maximum absolute atomic E-state index is 12.0. The van der Waals surface area contributed by atoms with Crippen molar-refractivity contribution in [2.75, 3.05) is 18.5 Å². The number of anilines is 1. The molecule has 0 unspecified atom stereocenters. The van der Waals surface area contributed by atoms with Gasteiger partial charge in [0, 0.05) is 32.2 Å². The number of ether oxygens (including phenoxy) is 1. The smallest absolute Gasteiger partial charge is 0.271 e. The molecular formula is C14H22N4O3. The molecule has 1 fully saturated rings. The lowest BCUT2D eigenvalue weighted by Crippen LogP contribution is -2.32. The van der Waals surface area contributed by atoms with E-state index >= 15 is 0 Å². The van der Waals surface area contributed by atoms with E-state index in [1.54, 1.807) is 27.0 Å². The van der Waals surface area contributed by atoms with Gasteiger partial charge in [0.15, 0.2) is 5.69 Å². The molecule has 21 heavy (non-hydrogen) atoms. The molecule has 1 atom stereocenters. The Balaban J connectivity index is 1.93. The van der Waals surface area contributed by atoms with Crippen LogP contribution in [0.1, 0.15) is 37.2 Å². The number of aromatic nitrogens is 2. The minimum absolute atomic E-state index is 0.0952. The number of amides is 2. The van der Waals surface area contributed by atoms with Gasteiger partial charge in [-0.3, -0.25) is 14.3 Å². The van der Waals surface area contributed by atoms with Gasteiger partial charge >= 0.3 is 0 Å². The third-order valence-electron chi connectivity index (χ3n) is 3.40. The Bertz CT molecular complexity index is 518. The molecular weight excluding hydrogens is 272 g/mol. The van der Waals surface area contributed by atoms with E-state index in [0.29, 0.717) is 12.4 Å². The van der Waals surface area contributed by atoms with Gasteiger partial charge < -0.3 is 15.4 Å². The highest BCUT2D eigenvalue weighted by atomic mass is 16.5. The molecule has 2 amide bonds. The Morgan fingerprint density at radius 1 is 1.52 bits per heavy atom. The molecule has 0 saturated carbocycles. The maximum Gasteiger partial charge on any atom is 0.271 e. The molecule has 2 heterocycles. The topological polar surface area (TPSA) is 85.2 Å². The fourth-order valence-electron chi connectivity index (χ4n) is 2.07. The summed E-state index contributed by atoms with van der Waals surface area (Å²) in [5, 5.41) is 9.66. The predicted molar refractivity (Wildman–Crippen MR) is 78.0 cm³/mol. The van der Waals surface area contributed by atoms with Crippen LogP contribution in [0.3, 0.4) is 0 Å². The van der Waals surface area contributed by atoms with E-state index in [1.165, 1.54) is 4.68 Å². The molecule has 0 bridgehead atoms. The maximum atomic E-state index is 12.0. The van der Waals surface area contributed by atoms with Gasteiger partial charge in [0.1, 0.15) is 5.82 Å². The second-order valence-electron chi connectivity index (χ2n) is 5.53. The first kappa shape index (κ1) is 15.5. The van der Waals surface area contributed by atoms with Gasteiger partial charge in [-0.1, -0.05) is 13.8 Å². The highest BCUT2D eigenvalue weighted by Crippen LogP contribution is 2.12. The fraction of sp³-hybridized carbons (Fsp3) is 0.643. The molecule has 0 spiro atoms. The predicted octanol–water partition coefficient (Wildman–Crippen LogP) is 0.923. The third kappa shape index (κ3) is 4.04. The third-order valence-corrected chi connectivity index (χ3v) is 3.40. The van der Waals surface area contributed by atoms with E-state index in [0.717, 1.165) is 19.4 Å². The number of carbonyl (C=O) groups is 2. The first-order valence-electron chi connectivity index (χ1n) is 7.22. The summed E-state index contributed by atoms with van der Waals surface area (Å²) in [4.78, 5) is 23.7. The Hall–Kier alpha value is -1.89.